The monoisotopic (exact) mass is 286 g/mol. The summed E-state index contributed by atoms with van der Waals surface area (Å²) in [6.45, 7) is 1.64. The normalized spacial score (nSPS) is 9.21. The molecule has 0 bridgehead atoms. The summed E-state index contributed by atoms with van der Waals surface area (Å²) in [6.07, 6.45) is 0. The molecule has 2 rings (SSSR count). The molecule has 0 saturated heterocycles. The van der Waals surface area contributed by atoms with Gasteiger partial charge in [-0.2, -0.15) is 0 Å². The minimum atomic E-state index is -0.381. The number of nitrogens with zero attached hydrogens (tertiary/aromatic N) is 2. The van der Waals surface area contributed by atoms with Crippen molar-refractivity contribution < 1.29 is 32.7 Å². The van der Waals surface area contributed by atoms with Crippen LogP contribution in [0, 0.1) is 14.4 Å². The first kappa shape index (κ1) is 13.7. The Bertz CT molecular complexity index is 542. The van der Waals surface area contributed by atoms with Crippen LogP contribution in [0.25, 0.3) is 10.3 Å². The average molecular weight is 286 g/mol. The number of rotatable bonds is 0. The predicted molar refractivity (Wildman–Crippen MR) is 51.0 cm³/mol. The van der Waals surface area contributed by atoms with Crippen LogP contribution in [-0.2, 0) is 32.7 Å². The molecule has 0 aliphatic carbocycles. The summed E-state index contributed by atoms with van der Waals surface area (Å²) in [4.78, 5) is 31.5. The number of hydrogen-bond donors (Lipinski definition) is 1. The van der Waals surface area contributed by atoms with Crippen molar-refractivity contribution in [1.82, 2.24) is 15.0 Å². The van der Waals surface area contributed by atoms with E-state index >= 15 is 0 Å². The van der Waals surface area contributed by atoms with Gasteiger partial charge in [0.25, 0.3) is 5.56 Å². The van der Waals surface area contributed by atoms with Gasteiger partial charge in [-0.15, -0.1) is 0 Å². The number of aromatic nitrogens is 3. The van der Waals surface area contributed by atoms with Gasteiger partial charge in [-0.25, -0.2) is 0 Å². The third kappa shape index (κ3) is 2.37. The van der Waals surface area contributed by atoms with E-state index in [0.717, 1.165) is 11.3 Å². The van der Waals surface area contributed by atoms with E-state index in [2.05, 4.69) is 15.0 Å². The molecular weight excluding hydrogens is 279 g/mol. The first-order chi connectivity index (χ1) is 5.66. The van der Waals surface area contributed by atoms with Crippen LogP contribution < -0.4 is 15.4 Å². The Morgan fingerprint density at radius 3 is 2.71 bits per heavy atom. The van der Waals surface area contributed by atoms with E-state index in [1.165, 1.54) is 0 Å². The van der Waals surface area contributed by atoms with Gasteiger partial charge in [0.1, 0.15) is 0 Å². The molecule has 1 radical (unpaired) electrons. The van der Waals surface area contributed by atoms with Crippen LogP contribution in [0.3, 0.4) is 0 Å². The minimum absolute atomic E-state index is 0. The Hall–Kier alpha value is -0.326. The van der Waals surface area contributed by atoms with E-state index in [-0.39, 0.29) is 56.2 Å². The van der Waals surface area contributed by atoms with Gasteiger partial charge >= 0.3 is 0 Å². The Morgan fingerprint density at radius 1 is 1.43 bits per heavy atom. The van der Waals surface area contributed by atoms with Gasteiger partial charge < -0.3 is 22.4 Å². The van der Waals surface area contributed by atoms with Crippen molar-refractivity contribution in [2.24, 2.45) is 0 Å². The number of aryl methyl sites for hydroxylation is 1. The Balaban J connectivity index is 0.000000845. The van der Waals surface area contributed by atoms with Crippen molar-refractivity contribution in [3.63, 3.8) is 0 Å². The van der Waals surface area contributed by atoms with Crippen molar-refractivity contribution in [1.29, 1.82) is 0 Å². The molecule has 0 saturated carbocycles. The van der Waals surface area contributed by atoms with Gasteiger partial charge in [-0.05, 0) is 12.6 Å². The van der Waals surface area contributed by atoms with Crippen LogP contribution in [0.4, 0.5) is 0 Å². The largest absolute Gasteiger partial charge is 0.424 e. The summed E-state index contributed by atoms with van der Waals surface area (Å²) in [5.74, 6) is 0.470. The average Bonchev–Trinajstić information content (AvgIpc) is 2.29. The zero-order chi connectivity index (χ0) is 8.72. The molecule has 2 aromatic rings. The van der Waals surface area contributed by atoms with Crippen LogP contribution >= 0.6 is 11.3 Å². The molecule has 1 N–H and O–H groups in total. The van der Waals surface area contributed by atoms with Gasteiger partial charge in [0.05, 0.1) is 4.70 Å². The molecule has 2 heterocycles. The minimum Gasteiger partial charge on any atom is -0.424 e. The molecule has 0 amide bonds. The summed E-state index contributed by atoms with van der Waals surface area (Å²) in [5, 5.41) is 0. The summed E-state index contributed by atoms with van der Waals surface area (Å²) in [6, 6.07) is 0. The van der Waals surface area contributed by atoms with Crippen molar-refractivity contribution >= 4 is 21.7 Å². The number of fused-ring (bicyclic) bond motifs is 1. The number of aromatic amines is 1. The first-order valence-electron chi connectivity index (χ1n) is 3.21. The fourth-order valence-electron chi connectivity index (χ4n) is 0.925. The molecule has 0 atom stereocenters. The molecule has 14 heavy (non-hydrogen) atoms. The zero-order valence-electron chi connectivity index (χ0n) is 7.70. The molecule has 7 heteroatoms. The van der Waals surface area contributed by atoms with Gasteiger partial charge in [0.2, 0.25) is 4.87 Å². The molecule has 0 aliphatic heterocycles. The summed E-state index contributed by atoms with van der Waals surface area (Å²) >= 11 is 0.815. The Kier molecular flexibility index (Phi) is 4.84. The van der Waals surface area contributed by atoms with Crippen LogP contribution in [0.15, 0.2) is 9.59 Å². The maximum Gasteiger partial charge on any atom is 0.265 e. The van der Waals surface area contributed by atoms with Crippen LogP contribution in [-0.4, -0.2) is 9.97 Å². The van der Waals surface area contributed by atoms with Crippen LogP contribution in [0.2, 0.25) is 0 Å². The summed E-state index contributed by atoms with van der Waals surface area (Å²) in [5.41, 5.74) is -0.0525. The summed E-state index contributed by atoms with van der Waals surface area (Å²) < 4.78 is 0.297. The molecule has 0 unspecified atom stereocenters. The van der Waals surface area contributed by atoms with Crippen molar-refractivity contribution in [3.05, 3.63) is 33.3 Å². The van der Waals surface area contributed by atoms with E-state index < -0.39 is 0 Å². The molecule has 0 fully saturated rings. The first-order valence-corrected chi connectivity index (χ1v) is 4.03. The number of hydrogen-bond acceptors (Lipinski definition) is 4. The summed E-state index contributed by atoms with van der Waals surface area (Å²) in [7, 11) is 0. The standard InChI is InChI=1S/C6H5N3O2S.CH3.Y/c1-2-7-4-3(5(10)8-2)12-6(11)9-4;;/h1H3,(H2,7,8,9,10,11);1H3;/q;-1;/p-1. The number of thiazole rings is 1. The van der Waals surface area contributed by atoms with Gasteiger partial charge in [0, 0.05) is 38.5 Å². The molecular formula is C7H7N3O2SY-2. The second kappa shape index (κ2) is 4.95. The van der Waals surface area contributed by atoms with E-state index in [9.17, 15) is 9.59 Å². The second-order valence-electron chi connectivity index (χ2n) is 2.28. The third-order valence-electron chi connectivity index (χ3n) is 1.36. The van der Waals surface area contributed by atoms with E-state index in [1.54, 1.807) is 6.92 Å². The maximum atomic E-state index is 11.1. The number of nitrogens with one attached hydrogen (secondary N) is 1. The molecule has 0 spiro atoms. The van der Waals surface area contributed by atoms with Crippen molar-refractivity contribution in [3.8, 4) is 0 Å². The van der Waals surface area contributed by atoms with Gasteiger partial charge in [-0.3, -0.25) is 9.59 Å². The molecule has 73 valence electrons. The van der Waals surface area contributed by atoms with E-state index in [1.807, 2.05) is 0 Å². The zero-order valence-corrected chi connectivity index (χ0v) is 11.4. The Morgan fingerprint density at radius 2 is 2.07 bits per heavy atom. The fraction of sp³-hybridized carbons (Fsp3) is 0.143. The second-order valence-corrected chi connectivity index (χ2v) is 3.25. The fourth-order valence-corrected chi connectivity index (χ4v) is 1.56. The van der Waals surface area contributed by atoms with E-state index in [4.69, 9.17) is 0 Å². The third-order valence-corrected chi connectivity index (χ3v) is 2.20. The molecule has 0 aliphatic rings. The smallest absolute Gasteiger partial charge is 0.265 e. The van der Waals surface area contributed by atoms with Crippen molar-refractivity contribution in [2.45, 2.75) is 6.92 Å². The molecule has 2 aromatic heterocycles. The quantitative estimate of drug-likeness (QED) is 0.695. The van der Waals surface area contributed by atoms with Crippen LogP contribution in [0.5, 0.6) is 0 Å². The molecule has 5 nitrogen and oxygen atoms in total. The number of H-pyrrole nitrogens is 1. The predicted octanol–water partition coefficient (Wildman–Crippen LogP) is 0.0582. The topological polar surface area (TPSA) is 76.9 Å². The van der Waals surface area contributed by atoms with Crippen molar-refractivity contribution in [2.75, 3.05) is 0 Å². The Labute approximate surface area is 109 Å². The van der Waals surface area contributed by atoms with Gasteiger partial charge in [0.15, 0.2) is 0 Å². The van der Waals surface area contributed by atoms with E-state index in [0.29, 0.717) is 10.5 Å². The molecule has 0 aromatic carbocycles. The van der Waals surface area contributed by atoms with Gasteiger partial charge in [-0.1, -0.05) is 11.3 Å². The van der Waals surface area contributed by atoms with Crippen LogP contribution in [0.1, 0.15) is 5.82 Å². The SMILES string of the molecule is Cc1nc2[n-]c(=O)sc2c(=O)[nH]1.[CH3-].[Y]. The maximum absolute atomic E-state index is 11.1.